The number of aliphatic hydroxyl groups excluding tert-OH is 2. The highest BCUT2D eigenvalue weighted by atomic mass is 32.2. The lowest BCUT2D eigenvalue weighted by molar-refractivity contribution is 0.0985. The van der Waals surface area contributed by atoms with Crippen LogP contribution in [0.2, 0.25) is 0 Å². The summed E-state index contributed by atoms with van der Waals surface area (Å²) in [6.45, 7) is 3.98. The molecule has 2 fully saturated rings. The van der Waals surface area contributed by atoms with Gasteiger partial charge in [-0.25, -0.2) is 23.2 Å². The molecule has 4 N–H and O–H groups in total. The molecule has 4 rings (SSSR count). The van der Waals surface area contributed by atoms with Gasteiger partial charge >= 0.3 is 6.03 Å². The second-order valence-electron chi connectivity index (χ2n) is 9.83. The van der Waals surface area contributed by atoms with E-state index in [0.29, 0.717) is 74.2 Å². The standard InChI is InChI=1S/C26H37N5O6S/c1-19-18-37-15-12-31(19)23-17-22(26(9-2-10-26)38(35,36)16-4-14-33)29-24(30-23)20-5-7-21(8-6-20)28-25(34)27-11-3-13-32/h5-8,17,19,32-33H,2-4,9-16,18H2,1H3,(H2,27,28,34)/t19-/m0/s1. The number of urea groups is 1. The molecule has 0 radical (unpaired) electrons. The Morgan fingerprint density at radius 2 is 1.89 bits per heavy atom. The first kappa shape index (κ1) is 28.2. The van der Waals surface area contributed by atoms with E-state index in [1.165, 1.54) is 0 Å². The number of carbonyl (C=O) groups excluding carboxylic acids is 1. The summed E-state index contributed by atoms with van der Waals surface area (Å²) < 4.78 is 31.5. The van der Waals surface area contributed by atoms with Crippen molar-refractivity contribution in [3.63, 3.8) is 0 Å². The van der Waals surface area contributed by atoms with E-state index in [9.17, 15) is 18.3 Å². The smallest absolute Gasteiger partial charge is 0.319 e. The molecule has 2 heterocycles. The minimum absolute atomic E-state index is 0.00326. The summed E-state index contributed by atoms with van der Waals surface area (Å²) in [5.41, 5.74) is 1.77. The van der Waals surface area contributed by atoms with E-state index in [1.807, 2.05) is 13.0 Å². The minimum atomic E-state index is -3.55. The van der Waals surface area contributed by atoms with Gasteiger partial charge in [-0.05, 0) is 63.3 Å². The largest absolute Gasteiger partial charge is 0.396 e. The molecule has 1 aliphatic carbocycles. The van der Waals surface area contributed by atoms with Crippen molar-refractivity contribution in [2.24, 2.45) is 0 Å². The Labute approximate surface area is 223 Å². The molecule has 2 amide bonds. The summed E-state index contributed by atoms with van der Waals surface area (Å²) in [5.74, 6) is 0.987. The lowest BCUT2D eigenvalue weighted by atomic mass is 9.81. The van der Waals surface area contributed by atoms with Gasteiger partial charge in [-0.3, -0.25) is 0 Å². The van der Waals surface area contributed by atoms with Crippen molar-refractivity contribution in [3.8, 4) is 11.4 Å². The summed E-state index contributed by atoms with van der Waals surface area (Å²) >= 11 is 0. The normalized spacial score (nSPS) is 19.0. The molecule has 12 heteroatoms. The van der Waals surface area contributed by atoms with Gasteiger partial charge in [0.1, 0.15) is 10.6 Å². The van der Waals surface area contributed by atoms with E-state index in [4.69, 9.17) is 19.8 Å². The van der Waals surface area contributed by atoms with Crippen LogP contribution in [-0.4, -0.2) is 85.9 Å². The molecule has 11 nitrogen and oxygen atoms in total. The lowest BCUT2D eigenvalue weighted by Gasteiger charge is -2.41. The molecule has 38 heavy (non-hydrogen) atoms. The number of hydrogen-bond acceptors (Lipinski definition) is 9. The zero-order chi connectivity index (χ0) is 27.2. The van der Waals surface area contributed by atoms with Gasteiger partial charge in [0.05, 0.1) is 30.7 Å². The lowest BCUT2D eigenvalue weighted by Crippen LogP contribution is -2.46. The van der Waals surface area contributed by atoms with Crippen molar-refractivity contribution >= 4 is 27.4 Å². The van der Waals surface area contributed by atoms with Crippen molar-refractivity contribution in [1.29, 1.82) is 0 Å². The topological polar surface area (TPSA) is 154 Å². The number of anilines is 2. The van der Waals surface area contributed by atoms with E-state index in [-0.39, 0.29) is 37.5 Å². The van der Waals surface area contributed by atoms with Crippen molar-refractivity contribution in [1.82, 2.24) is 15.3 Å². The third-order valence-electron chi connectivity index (χ3n) is 7.19. The molecule has 1 saturated heterocycles. The van der Waals surface area contributed by atoms with E-state index in [1.54, 1.807) is 24.3 Å². The third-order valence-corrected chi connectivity index (χ3v) is 9.82. The first-order chi connectivity index (χ1) is 18.3. The Morgan fingerprint density at radius 3 is 2.53 bits per heavy atom. The Morgan fingerprint density at radius 1 is 1.16 bits per heavy atom. The third kappa shape index (κ3) is 6.09. The summed E-state index contributed by atoms with van der Waals surface area (Å²) in [6, 6.07) is 8.58. The van der Waals surface area contributed by atoms with Gasteiger partial charge in [0, 0.05) is 43.6 Å². The second kappa shape index (κ2) is 12.4. The molecule has 1 aromatic heterocycles. The van der Waals surface area contributed by atoms with Crippen LogP contribution in [0.5, 0.6) is 0 Å². The summed E-state index contributed by atoms with van der Waals surface area (Å²) in [5, 5.41) is 23.6. The summed E-state index contributed by atoms with van der Waals surface area (Å²) in [7, 11) is -3.55. The fourth-order valence-corrected chi connectivity index (χ4v) is 7.08. The number of nitrogens with one attached hydrogen (secondary N) is 2. The van der Waals surface area contributed by atoms with Crippen LogP contribution >= 0.6 is 0 Å². The molecule has 0 bridgehead atoms. The molecule has 2 aromatic rings. The number of ether oxygens (including phenoxy) is 1. The van der Waals surface area contributed by atoms with Crippen LogP contribution < -0.4 is 15.5 Å². The van der Waals surface area contributed by atoms with E-state index in [0.717, 1.165) is 6.42 Å². The molecule has 0 unspecified atom stereocenters. The Balaban J connectivity index is 1.68. The quantitative estimate of drug-likeness (QED) is 0.310. The summed E-state index contributed by atoms with van der Waals surface area (Å²) in [4.78, 5) is 23.8. The summed E-state index contributed by atoms with van der Waals surface area (Å²) in [6.07, 6.45) is 2.44. The molecule has 0 spiro atoms. The Bertz CT molecular complexity index is 1200. The van der Waals surface area contributed by atoms with Crippen LogP contribution in [0.25, 0.3) is 11.4 Å². The number of carbonyl (C=O) groups is 1. The molecule has 1 atom stereocenters. The molecule has 2 aliphatic rings. The minimum Gasteiger partial charge on any atom is -0.396 e. The maximum atomic E-state index is 13.5. The fraction of sp³-hybridized carbons (Fsp3) is 0.577. The second-order valence-corrected chi connectivity index (χ2v) is 12.3. The first-order valence-electron chi connectivity index (χ1n) is 13.1. The van der Waals surface area contributed by atoms with Crippen LogP contribution in [0.1, 0.15) is 44.7 Å². The van der Waals surface area contributed by atoms with Gasteiger partial charge in [-0.2, -0.15) is 0 Å². The number of aromatic nitrogens is 2. The van der Waals surface area contributed by atoms with Crippen molar-refractivity contribution < 1.29 is 28.2 Å². The Hall–Kier alpha value is -2.80. The highest BCUT2D eigenvalue weighted by Crippen LogP contribution is 2.49. The molecule has 1 aliphatic heterocycles. The van der Waals surface area contributed by atoms with Gasteiger partial charge in [-0.15, -0.1) is 0 Å². The molecule has 1 aromatic carbocycles. The van der Waals surface area contributed by atoms with E-state index in [2.05, 4.69) is 15.5 Å². The number of hydrogen-bond donors (Lipinski definition) is 4. The van der Waals surface area contributed by atoms with Crippen LogP contribution in [0.3, 0.4) is 0 Å². The van der Waals surface area contributed by atoms with Crippen LogP contribution in [0.4, 0.5) is 16.3 Å². The predicted octanol–water partition coefficient (Wildman–Crippen LogP) is 2.05. The maximum Gasteiger partial charge on any atom is 0.319 e. The predicted molar refractivity (Wildman–Crippen MR) is 145 cm³/mol. The van der Waals surface area contributed by atoms with Gasteiger partial charge < -0.3 is 30.5 Å². The molecular weight excluding hydrogens is 510 g/mol. The number of benzene rings is 1. The zero-order valence-corrected chi connectivity index (χ0v) is 22.5. The SMILES string of the molecule is C[C@H]1COCCN1c1cc(C2(S(=O)(=O)CCCO)CCC2)nc(-c2ccc(NC(=O)NCCCO)cc2)n1. The molecule has 208 valence electrons. The van der Waals surface area contributed by atoms with Gasteiger partial charge in [0.15, 0.2) is 15.7 Å². The highest BCUT2D eigenvalue weighted by Gasteiger charge is 2.51. The number of aliphatic hydroxyl groups is 2. The fourth-order valence-electron chi connectivity index (χ4n) is 4.84. The monoisotopic (exact) mass is 547 g/mol. The molecule has 1 saturated carbocycles. The van der Waals surface area contributed by atoms with Crippen LogP contribution in [0.15, 0.2) is 30.3 Å². The zero-order valence-electron chi connectivity index (χ0n) is 21.7. The number of rotatable bonds is 11. The van der Waals surface area contributed by atoms with Crippen molar-refractivity contribution in [2.75, 3.05) is 55.5 Å². The van der Waals surface area contributed by atoms with Crippen LogP contribution in [0, 0.1) is 0 Å². The first-order valence-corrected chi connectivity index (χ1v) is 14.8. The number of nitrogens with zero attached hydrogens (tertiary/aromatic N) is 3. The van der Waals surface area contributed by atoms with Crippen LogP contribution in [-0.2, 0) is 19.3 Å². The Kier molecular flexibility index (Phi) is 9.19. The average molecular weight is 548 g/mol. The average Bonchev–Trinajstić information content (AvgIpc) is 2.87. The van der Waals surface area contributed by atoms with Gasteiger partial charge in [-0.1, -0.05) is 0 Å². The van der Waals surface area contributed by atoms with Crippen molar-refractivity contribution in [3.05, 3.63) is 36.0 Å². The van der Waals surface area contributed by atoms with Gasteiger partial charge in [0.25, 0.3) is 0 Å². The van der Waals surface area contributed by atoms with Crippen molar-refractivity contribution in [2.45, 2.75) is 49.8 Å². The van der Waals surface area contributed by atoms with Gasteiger partial charge in [0.2, 0.25) is 0 Å². The molecular formula is C26H37N5O6S. The highest BCUT2D eigenvalue weighted by molar-refractivity contribution is 7.92. The van der Waals surface area contributed by atoms with E-state index >= 15 is 0 Å². The number of sulfone groups is 1. The number of amides is 2. The number of morpholine rings is 1. The maximum absolute atomic E-state index is 13.5. The van der Waals surface area contributed by atoms with E-state index < -0.39 is 14.6 Å².